The minimum atomic E-state index is -0.913. The number of hydrogen-bond acceptors (Lipinski definition) is 4. The Morgan fingerprint density at radius 3 is 1.83 bits per heavy atom. The molecule has 3 atom stereocenters. The van der Waals surface area contributed by atoms with Crippen LogP contribution >= 0.6 is 0 Å². The number of aliphatic carboxylic acids is 2. The quantitative estimate of drug-likeness (QED) is 0.543. The zero-order chi connectivity index (χ0) is 14.7. The molecule has 6 nitrogen and oxygen atoms in total. The van der Waals surface area contributed by atoms with Gasteiger partial charge in [-0.2, -0.15) is 0 Å². The first-order valence-corrected chi connectivity index (χ1v) is 6.24. The van der Waals surface area contributed by atoms with Crippen LogP contribution in [0.3, 0.4) is 0 Å². The van der Waals surface area contributed by atoms with Gasteiger partial charge in [0.05, 0.1) is 0 Å². The van der Waals surface area contributed by atoms with Crippen molar-refractivity contribution in [3.63, 3.8) is 0 Å². The van der Waals surface area contributed by atoms with E-state index in [9.17, 15) is 9.59 Å². The third kappa shape index (κ3) is 10.0. The molecule has 0 saturated heterocycles. The molecule has 0 fully saturated rings. The summed E-state index contributed by atoms with van der Waals surface area (Å²) in [7, 11) is 0. The summed E-state index contributed by atoms with van der Waals surface area (Å²) in [5.74, 6) is -1.74. The summed E-state index contributed by atoms with van der Waals surface area (Å²) in [5, 5.41) is 16.6. The van der Waals surface area contributed by atoms with Gasteiger partial charge in [-0.15, -0.1) is 0 Å². The predicted molar refractivity (Wildman–Crippen MR) is 70.2 cm³/mol. The van der Waals surface area contributed by atoms with Crippen molar-refractivity contribution < 1.29 is 19.8 Å². The molecule has 0 spiro atoms. The second kappa shape index (κ2) is 11.0. The molecule has 18 heavy (non-hydrogen) atoms. The average Bonchev–Trinajstić information content (AvgIpc) is 2.34. The van der Waals surface area contributed by atoms with E-state index in [0.29, 0.717) is 6.42 Å². The Morgan fingerprint density at radius 2 is 1.61 bits per heavy atom. The molecule has 0 aliphatic rings. The molecule has 0 aromatic carbocycles. The summed E-state index contributed by atoms with van der Waals surface area (Å²) in [6, 6.07) is -1.36. The van der Waals surface area contributed by atoms with Crippen molar-refractivity contribution in [3.8, 4) is 0 Å². The second-order valence-electron chi connectivity index (χ2n) is 4.34. The SMILES string of the molecule is CCC(C)[C@@H](N)C(=O)O.CCCC[C@@H](N)C(=O)O. The number of nitrogens with two attached hydrogens (primary N) is 2. The van der Waals surface area contributed by atoms with Gasteiger partial charge < -0.3 is 21.7 Å². The van der Waals surface area contributed by atoms with Gasteiger partial charge in [-0.25, -0.2) is 0 Å². The molecule has 6 N–H and O–H groups in total. The Morgan fingerprint density at radius 1 is 1.11 bits per heavy atom. The Hall–Kier alpha value is -1.14. The monoisotopic (exact) mass is 262 g/mol. The lowest BCUT2D eigenvalue weighted by Crippen LogP contribution is -2.36. The van der Waals surface area contributed by atoms with Gasteiger partial charge in [-0.05, 0) is 12.3 Å². The van der Waals surface area contributed by atoms with Crippen LogP contribution in [0.25, 0.3) is 0 Å². The zero-order valence-corrected chi connectivity index (χ0v) is 11.4. The second-order valence-corrected chi connectivity index (χ2v) is 4.34. The van der Waals surface area contributed by atoms with Gasteiger partial charge >= 0.3 is 11.9 Å². The third-order valence-corrected chi connectivity index (χ3v) is 2.73. The predicted octanol–water partition coefficient (Wildman–Crippen LogP) is 1.03. The Bertz CT molecular complexity index is 246. The highest BCUT2D eigenvalue weighted by atomic mass is 16.4. The average molecular weight is 262 g/mol. The summed E-state index contributed by atoms with van der Waals surface area (Å²) in [6.45, 7) is 5.76. The number of rotatable bonds is 7. The standard InChI is InChI=1S/2C6H13NO2/c1-3-4(2)5(7)6(8)9;1-2-3-4-5(7)6(8)9/h4-5H,3,7H2,1-2H3,(H,8,9);5H,2-4,7H2,1H3,(H,8,9)/t4?,5-;5-/m11/s1. The molecule has 1 unspecified atom stereocenters. The normalized spacial score (nSPS) is 14.9. The van der Waals surface area contributed by atoms with Gasteiger partial charge in [0, 0.05) is 0 Å². The number of carboxylic acid groups (broad SMARTS) is 2. The van der Waals surface area contributed by atoms with E-state index in [-0.39, 0.29) is 5.92 Å². The molecule has 0 aliphatic carbocycles. The van der Waals surface area contributed by atoms with Crippen LogP contribution in [-0.4, -0.2) is 34.2 Å². The van der Waals surface area contributed by atoms with Crippen LogP contribution in [-0.2, 0) is 9.59 Å². The van der Waals surface area contributed by atoms with E-state index in [1.54, 1.807) is 0 Å². The first kappa shape index (κ1) is 19.2. The maximum Gasteiger partial charge on any atom is 0.320 e. The maximum absolute atomic E-state index is 10.2. The van der Waals surface area contributed by atoms with E-state index in [1.807, 2.05) is 20.8 Å². The fraction of sp³-hybridized carbons (Fsp3) is 0.833. The number of carbonyl (C=O) groups is 2. The highest BCUT2D eigenvalue weighted by molar-refractivity contribution is 5.73. The molecule has 0 saturated carbocycles. The van der Waals surface area contributed by atoms with Gasteiger partial charge in [0.1, 0.15) is 12.1 Å². The summed E-state index contributed by atoms with van der Waals surface area (Å²) in [6.07, 6.45) is 3.30. The fourth-order valence-corrected chi connectivity index (χ4v) is 1.04. The lowest BCUT2D eigenvalue weighted by atomic mass is 10.0. The van der Waals surface area contributed by atoms with Gasteiger partial charge in [0.25, 0.3) is 0 Å². The summed E-state index contributed by atoms with van der Waals surface area (Å²) < 4.78 is 0. The summed E-state index contributed by atoms with van der Waals surface area (Å²) in [4.78, 5) is 20.3. The molecule has 108 valence electrons. The van der Waals surface area contributed by atoms with Crippen LogP contribution in [0.4, 0.5) is 0 Å². The Kier molecular flexibility index (Phi) is 11.7. The van der Waals surface area contributed by atoms with E-state index in [4.69, 9.17) is 21.7 Å². The molecule has 0 bridgehead atoms. The van der Waals surface area contributed by atoms with Crippen LogP contribution in [0.1, 0.15) is 46.5 Å². The molecule has 0 heterocycles. The van der Waals surface area contributed by atoms with Gasteiger partial charge in [0.2, 0.25) is 0 Å². The zero-order valence-electron chi connectivity index (χ0n) is 11.4. The smallest absolute Gasteiger partial charge is 0.320 e. The molecular formula is C12H26N2O4. The topological polar surface area (TPSA) is 127 Å². The molecule has 0 radical (unpaired) electrons. The summed E-state index contributed by atoms with van der Waals surface area (Å²) >= 11 is 0. The molecule has 0 rings (SSSR count). The molecule has 0 amide bonds. The van der Waals surface area contributed by atoms with Crippen molar-refractivity contribution in [1.82, 2.24) is 0 Å². The van der Waals surface area contributed by atoms with E-state index in [1.165, 1.54) is 0 Å². The number of hydrogen-bond donors (Lipinski definition) is 4. The van der Waals surface area contributed by atoms with Gasteiger partial charge in [-0.3, -0.25) is 9.59 Å². The minimum Gasteiger partial charge on any atom is -0.480 e. The molecule has 0 aromatic heterocycles. The van der Waals surface area contributed by atoms with Crippen LogP contribution in [0.2, 0.25) is 0 Å². The van der Waals surface area contributed by atoms with Crippen molar-refractivity contribution in [2.45, 2.75) is 58.5 Å². The van der Waals surface area contributed by atoms with Gasteiger partial charge in [-0.1, -0.05) is 40.0 Å². The van der Waals surface area contributed by atoms with Crippen LogP contribution < -0.4 is 11.5 Å². The number of unbranched alkanes of at least 4 members (excludes halogenated alkanes) is 1. The van der Waals surface area contributed by atoms with Gasteiger partial charge in [0.15, 0.2) is 0 Å². The van der Waals surface area contributed by atoms with Crippen molar-refractivity contribution in [2.24, 2.45) is 17.4 Å². The largest absolute Gasteiger partial charge is 0.480 e. The first-order chi connectivity index (χ1) is 8.27. The van der Waals surface area contributed by atoms with Crippen molar-refractivity contribution in [3.05, 3.63) is 0 Å². The molecule has 0 aromatic rings. The van der Waals surface area contributed by atoms with E-state index >= 15 is 0 Å². The minimum absolute atomic E-state index is 0.0718. The lowest BCUT2D eigenvalue weighted by Gasteiger charge is -2.11. The maximum atomic E-state index is 10.2. The van der Waals surface area contributed by atoms with Crippen LogP contribution in [0.15, 0.2) is 0 Å². The highest BCUT2D eigenvalue weighted by Gasteiger charge is 2.17. The molecule has 0 aliphatic heterocycles. The number of carboxylic acids is 2. The van der Waals surface area contributed by atoms with Crippen LogP contribution in [0, 0.1) is 5.92 Å². The first-order valence-electron chi connectivity index (χ1n) is 6.24. The highest BCUT2D eigenvalue weighted by Crippen LogP contribution is 2.04. The van der Waals surface area contributed by atoms with Crippen LogP contribution in [0.5, 0.6) is 0 Å². The van der Waals surface area contributed by atoms with Crippen molar-refractivity contribution >= 4 is 11.9 Å². The van der Waals surface area contributed by atoms with E-state index in [0.717, 1.165) is 19.3 Å². The summed E-state index contributed by atoms with van der Waals surface area (Å²) in [5.41, 5.74) is 10.5. The van der Waals surface area contributed by atoms with E-state index in [2.05, 4.69) is 0 Å². The third-order valence-electron chi connectivity index (χ3n) is 2.73. The Balaban J connectivity index is 0. The fourth-order valence-electron chi connectivity index (χ4n) is 1.04. The van der Waals surface area contributed by atoms with Crippen molar-refractivity contribution in [1.29, 1.82) is 0 Å². The Labute approximate surface area is 108 Å². The molecule has 6 heteroatoms. The van der Waals surface area contributed by atoms with Crippen molar-refractivity contribution in [2.75, 3.05) is 0 Å². The molecular weight excluding hydrogens is 236 g/mol. The lowest BCUT2D eigenvalue weighted by molar-refractivity contribution is -0.140. The van der Waals surface area contributed by atoms with E-state index < -0.39 is 24.0 Å².